The van der Waals surface area contributed by atoms with E-state index in [1.54, 1.807) is 6.07 Å². The van der Waals surface area contributed by atoms with Crippen LogP contribution in [0.3, 0.4) is 0 Å². The largest absolute Gasteiger partial charge is 0.384 e. The summed E-state index contributed by atoms with van der Waals surface area (Å²) in [5.74, 6) is 0.996. The molecule has 0 fully saturated rings. The lowest BCUT2D eigenvalue weighted by molar-refractivity contribution is 0.0762. The van der Waals surface area contributed by atoms with Gasteiger partial charge in [0.1, 0.15) is 0 Å². The summed E-state index contributed by atoms with van der Waals surface area (Å²) in [6.45, 7) is 0. The molecule has 1 aliphatic heterocycles. The Bertz CT molecular complexity index is 527. The van der Waals surface area contributed by atoms with Crippen molar-refractivity contribution in [3.05, 3.63) is 34.9 Å². The van der Waals surface area contributed by atoms with Gasteiger partial charge in [0.15, 0.2) is 0 Å². The van der Waals surface area contributed by atoms with E-state index in [-0.39, 0.29) is 33.2 Å². The molecule has 0 bridgehead atoms. The number of nitrogens with zero attached hydrogens (tertiary/aromatic N) is 1. The number of hydrogen-bond donors (Lipinski definition) is 1. The Morgan fingerprint density at radius 2 is 1.88 bits per heavy atom. The summed E-state index contributed by atoms with van der Waals surface area (Å²) in [6, 6.07) is 4.57. The lowest BCUT2D eigenvalue weighted by Gasteiger charge is -2.09. The maximum atomic E-state index is 11.9. The molecule has 3 amide bonds. The van der Waals surface area contributed by atoms with Crippen LogP contribution < -0.4 is 5.32 Å². The standard InChI is InChI=1S/C10H8N2O3.CH3.Al/c1-11-8(13)5-2-3-6-7(4-5)10(15)12-9(6)14;;/h2-4H,1H3,(H2,11,12,13,14,15);1H3;/q;;+1/p-1. The lowest BCUT2D eigenvalue weighted by Crippen LogP contribution is -2.31. The van der Waals surface area contributed by atoms with Crippen LogP contribution in [-0.2, 0) is 0 Å². The zero-order valence-electron chi connectivity index (χ0n) is 9.48. The summed E-state index contributed by atoms with van der Waals surface area (Å²) >= 11 is -0.389. The SMILES string of the molecule is CNC(=O)c1ccc2c(c1)C(=O)[N]([Al][CH3])C2=O. The summed E-state index contributed by atoms with van der Waals surface area (Å²) in [7, 11) is 1.52. The van der Waals surface area contributed by atoms with Gasteiger partial charge in [0.25, 0.3) is 5.91 Å². The Morgan fingerprint density at radius 3 is 2.47 bits per heavy atom. The maximum absolute atomic E-state index is 11.9. The molecule has 0 aliphatic carbocycles. The van der Waals surface area contributed by atoms with Gasteiger partial charge in [0.2, 0.25) is 11.8 Å². The van der Waals surface area contributed by atoms with Crippen LogP contribution >= 0.6 is 0 Å². The first-order valence-corrected chi connectivity index (χ1v) is 6.80. The van der Waals surface area contributed by atoms with Crippen LogP contribution in [0.1, 0.15) is 31.1 Å². The van der Waals surface area contributed by atoms with Crippen molar-refractivity contribution >= 4 is 33.2 Å². The molecule has 1 heterocycles. The topological polar surface area (TPSA) is 66.5 Å². The van der Waals surface area contributed by atoms with Gasteiger partial charge in [-0.25, -0.2) is 0 Å². The molecule has 1 N–H and O–H groups in total. The molecular weight excluding hydrogens is 235 g/mol. The van der Waals surface area contributed by atoms with Crippen molar-refractivity contribution in [2.45, 2.75) is 5.79 Å². The third-order valence-corrected chi connectivity index (χ3v) is 3.65. The molecule has 0 atom stereocenters. The number of hydrogen-bond acceptors (Lipinski definition) is 3. The van der Waals surface area contributed by atoms with Gasteiger partial charge in [0, 0.05) is 12.6 Å². The Morgan fingerprint density at radius 1 is 1.24 bits per heavy atom. The molecule has 17 heavy (non-hydrogen) atoms. The Labute approximate surface area is 105 Å². The highest BCUT2D eigenvalue weighted by atomic mass is 27.1. The van der Waals surface area contributed by atoms with Gasteiger partial charge in [0.05, 0.1) is 11.1 Å². The smallest absolute Gasteiger partial charge is 0.379 e. The van der Waals surface area contributed by atoms with Crippen molar-refractivity contribution in [1.29, 1.82) is 0 Å². The van der Waals surface area contributed by atoms with E-state index >= 15 is 0 Å². The molecule has 0 saturated carbocycles. The van der Waals surface area contributed by atoms with Crippen molar-refractivity contribution in [1.82, 2.24) is 9.20 Å². The maximum Gasteiger partial charge on any atom is 0.384 e. The average Bonchev–Trinajstić information content (AvgIpc) is 2.60. The second-order valence-electron chi connectivity index (χ2n) is 3.58. The van der Waals surface area contributed by atoms with Crippen molar-refractivity contribution < 1.29 is 14.4 Å². The predicted molar refractivity (Wildman–Crippen MR) is 62.0 cm³/mol. The molecule has 0 spiro atoms. The molecule has 1 aliphatic rings. The number of rotatable bonds is 2. The third-order valence-electron chi connectivity index (χ3n) is 2.67. The molecular formula is C11H10AlN2O3. The third kappa shape index (κ3) is 1.76. The van der Waals surface area contributed by atoms with Gasteiger partial charge in [-0.05, 0) is 18.2 Å². The fourth-order valence-corrected chi connectivity index (χ4v) is 2.53. The Balaban J connectivity index is 2.50. The summed E-state index contributed by atoms with van der Waals surface area (Å²) in [6.07, 6.45) is 0. The molecule has 2 rings (SSSR count). The van der Waals surface area contributed by atoms with E-state index in [0.29, 0.717) is 16.7 Å². The number of amides is 3. The number of carbonyl (C=O) groups is 3. The normalized spacial score (nSPS) is 13.6. The molecule has 85 valence electrons. The monoisotopic (exact) mass is 245 g/mol. The molecule has 1 radical (unpaired) electrons. The van der Waals surface area contributed by atoms with Crippen LogP contribution in [0.4, 0.5) is 0 Å². The second kappa shape index (κ2) is 4.32. The highest BCUT2D eigenvalue weighted by Crippen LogP contribution is 2.23. The number of carbonyl (C=O) groups excluding carboxylic acids is 3. The van der Waals surface area contributed by atoms with Crippen molar-refractivity contribution in [2.75, 3.05) is 7.05 Å². The van der Waals surface area contributed by atoms with Gasteiger partial charge in [-0.2, -0.15) is 0 Å². The first-order valence-electron chi connectivity index (χ1n) is 5.13. The number of imide groups is 1. The molecule has 0 unspecified atom stereocenters. The first kappa shape index (κ1) is 11.8. The summed E-state index contributed by atoms with van der Waals surface area (Å²) in [5, 5.41) is 2.48. The van der Waals surface area contributed by atoms with Crippen LogP contribution in [0.15, 0.2) is 18.2 Å². The van der Waals surface area contributed by atoms with E-state index in [2.05, 4.69) is 5.32 Å². The molecule has 5 nitrogen and oxygen atoms in total. The number of fused-ring (bicyclic) bond motifs is 1. The van der Waals surface area contributed by atoms with E-state index < -0.39 is 0 Å². The molecule has 6 heteroatoms. The summed E-state index contributed by atoms with van der Waals surface area (Å²) in [4.78, 5) is 35.1. The van der Waals surface area contributed by atoms with Crippen LogP contribution in [0, 0.1) is 0 Å². The van der Waals surface area contributed by atoms with Gasteiger partial charge in [-0.15, -0.1) is 0 Å². The van der Waals surface area contributed by atoms with E-state index in [9.17, 15) is 14.4 Å². The van der Waals surface area contributed by atoms with Crippen molar-refractivity contribution in [3.63, 3.8) is 0 Å². The fourth-order valence-electron chi connectivity index (χ4n) is 1.78. The minimum Gasteiger partial charge on any atom is -0.379 e. The average molecular weight is 245 g/mol. The van der Waals surface area contributed by atoms with Crippen LogP contribution in [0.25, 0.3) is 0 Å². The Hall–Kier alpha value is -1.64. The Kier molecular flexibility index (Phi) is 3.01. The molecule has 0 aromatic heterocycles. The predicted octanol–water partition coefficient (Wildman–Crippen LogP) is 0.309. The molecule has 0 saturated heterocycles. The number of benzene rings is 1. The minimum atomic E-state index is -0.389. The lowest BCUT2D eigenvalue weighted by atomic mass is 10.1. The highest BCUT2D eigenvalue weighted by Gasteiger charge is 2.34. The van der Waals surface area contributed by atoms with E-state index in [1.807, 2.05) is 5.79 Å². The zero-order chi connectivity index (χ0) is 12.6. The highest BCUT2D eigenvalue weighted by molar-refractivity contribution is 6.47. The molecule has 1 aromatic rings. The van der Waals surface area contributed by atoms with Crippen LogP contribution in [0.5, 0.6) is 0 Å². The van der Waals surface area contributed by atoms with Crippen molar-refractivity contribution in [3.8, 4) is 0 Å². The fraction of sp³-hybridized carbons (Fsp3) is 0.182. The first-order chi connectivity index (χ1) is 8.10. The van der Waals surface area contributed by atoms with Gasteiger partial charge in [-0.3, -0.25) is 14.4 Å². The summed E-state index contributed by atoms with van der Waals surface area (Å²) in [5.41, 5.74) is 1.10. The molecule has 1 aromatic carbocycles. The number of nitrogens with one attached hydrogen (secondary N) is 1. The zero-order valence-corrected chi connectivity index (χ0v) is 10.6. The van der Waals surface area contributed by atoms with Crippen molar-refractivity contribution in [2.24, 2.45) is 0 Å². The van der Waals surface area contributed by atoms with Crippen LogP contribution in [-0.4, -0.2) is 44.1 Å². The van der Waals surface area contributed by atoms with Gasteiger partial charge in [-0.1, -0.05) is 5.79 Å². The summed E-state index contributed by atoms with van der Waals surface area (Å²) < 4.78 is 1.25. The van der Waals surface area contributed by atoms with E-state index in [4.69, 9.17) is 0 Å². The van der Waals surface area contributed by atoms with Gasteiger partial charge >= 0.3 is 15.4 Å². The van der Waals surface area contributed by atoms with Crippen LogP contribution in [0.2, 0.25) is 5.79 Å². The van der Waals surface area contributed by atoms with E-state index in [1.165, 1.54) is 23.1 Å². The van der Waals surface area contributed by atoms with E-state index in [0.717, 1.165) is 0 Å². The van der Waals surface area contributed by atoms with Gasteiger partial charge < -0.3 is 9.20 Å². The second-order valence-corrected chi connectivity index (χ2v) is 4.61. The quantitative estimate of drug-likeness (QED) is 0.602. The minimum absolute atomic E-state index is 0.258.